The van der Waals surface area contributed by atoms with Crippen LogP contribution in [0.2, 0.25) is 0 Å². The number of amides is 1. The highest BCUT2D eigenvalue weighted by molar-refractivity contribution is 5.77. The highest BCUT2D eigenvalue weighted by Crippen LogP contribution is 2.31. The van der Waals surface area contributed by atoms with Crippen LogP contribution in [0.5, 0.6) is 5.75 Å². The summed E-state index contributed by atoms with van der Waals surface area (Å²) in [5, 5.41) is 6.94. The van der Waals surface area contributed by atoms with Gasteiger partial charge in [0.05, 0.1) is 13.8 Å². The van der Waals surface area contributed by atoms with Gasteiger partial charge in [-0.2, -0.15) is 5.10 Å². The van der Waals surface area contributed by atoms with Gasteiger partial charge in [0.1, 0.15) is 11.6 Å². The van der Waals surface area contributed by atoms with Crippen LogP contribution in [-0.2, 0) is 11.2 Å². The first-order valence-electron chi connectivity index (χ1n) is 8.47. The Bertz CT molecular complexity index is 733. The largest absolute Gasteiger partial charge is 0.496 e. The van der Waals surface area contributed by atoms with E-state index in [1.807, 2.05) is 31.2 Å². The molecule has 0 spiro atoms. The van der Waals surface area contributed by atoms with Crippen LogP contribution in [-0.4, -0.2) is 52.9 Å². The molecule has 1 fully saturated rings. The summed E-state index contributed by atoms with van der Waals surface area (Å²) in [5.74, 6) is 1.72. The molecule has 0 bridgehead atoms. The minimum Gasteiger partial charge on any atom is -0.496 e. The standard InChI is InChI=1S/C18H23FN4O2/c1-12-20-18(22-21-12)15-11-23(10-14(15)9-19)17(24)8-7-13-5-3-4-6-16(13)25-2/h3-6,14-15H,7-11H2,1-2H3,(H,20,21,22)/t14-,15-/m1/s1. The van der Waals surface area contributed by atoms with E-state index in [1.165, 1.54) is 0 Å². The number of para-hydroxylation sites is 1. The zero-order chi connectivity index (χ0) is 17.8. The Kier molecular flexibility index (Phi) is 5.31. The number of hydrogen-bond acceptors (Lipinski definition) is 4. The van der Waals surface area contributed by atoms with Crippen molar-refractivity contribution in [2.45, 2.75) is 25.7 Å². The number of carbonyl (C=O) groups excluding carboxylic acids is 1. The van der Waals surface area contributed by atoms with Gasteiger partial charge in [-0.1, -0.05) is 18.2 Å². The van der Waals surface area contributed by atoms with E-state index in [-0.39, 0.29) is 17.7 Å². The molecule has 0 unspecified atom stereocenters. The van der Waals surface area contributed by atoms with Crippen molar-refractivity contribution in [3.63, 3.8) is 0 Å². The molecule has 6 nitrogen and oxygen atoms in total. The number of hydrogen-bond donors (Lipinski definition) is 1. The highest BCUT2D eigenvalue weighted by Gasteiger charge is 2.38. The topological polar surface area (TPSA) is 71.1 Å². The second-order valence-electron chi connectivity index (χ2n) is 6.41. The van der Waals surface area contributed by atoms with Crippen LogP contribution in [0, 0.1) is 12.8 Å². The number of aryl methyl sites for hydroxylation is 2. The van der Waals surface area contributed by atoms with Crippen molar-refractivity contribution in [2.24, 2.45) is 5.92 Å². The van der Waals surface area contributed by atoms with Gasteiger partial charge >= 0.3 is 0 Å². The van der Waals surface area contributed by atoms with Gasteiger partial charge in [0.2, 0.25) is 5.91 Å². The number of benzene rings is 1. The molecule has 0 aliphatic carbocycles. The first-order chi connectivity index (χ1) is 12.1. The smallest absolute Gasteiger partial charge is 0.222 e. The van der Waals surface area contributed by atoms with Crippen LogP contribution >= 0.6 is 0 Å². The molecule has 1 aliphatic heterocycles. The number of aromatic nitrogens is 3. The maximum Gasteiger partial charge on any atom is 0.222 e. The molecule has 1 saturated heterocycles. The van der Waals surface area contributed by atoms with E-state index in [0.29, 0.717) is 37.6 Å². The average molecular weight is 346 g/mol. The monoisotopic (exact) mass is 346 g/mol. The van der Waals surface area contributed by atoms with E-state index in [2.05, 4.69) is 15.2 Å². The minimum absolute atomic E-state index is 0.0270. The number of methoxy groups -OCH3 is 1. The third-order valence-electron chi connectivity index (χ3n) is 4.74. The van der Waals surface area contributed by atoms with E-state index >= 15 is 0 Å². The third kappa shape index (κ3) is 3.81. The molecule has 3 rings (SSSR count). The van der Waals surface area contributed by atoms with Gasteiger partial charge in [-0.05, 0) is 25.0 Å². The van der Waals surface area contributed by atoms with Crippen molar-refractivity contribution >= 4 is 5.91 Å². The fourth-order valence-corrected chi connectivity index (χ4v) is 3.36. The van der Waals surface area contributed by atoms with Crippen LogP contribution in [0.15, 0.2) is 24.3 Å². The van der Waals surface area contributed by atoms with Gasteiger partial charge in [0.15, 0.2) is 5.82 Å². The van der Waals surface area contributed by atoms with Crippen molar-refractivity contribution in [3.05, 3.63) is 41.5 Å². The SMILES string of the molecule is COc1ccccc1CCC(=O)N1C[C@@H](CF)[C@H](c2n[nH]c(C)n2)C1. The number of nitrogens with zero attached hydrogens (tertiary/aromatic N) is 3. The Morgan fingerprint density at radius 3 is 2.88 bits per heavy atom. The van der Waals surface area contributed by atoms with Crippen molar-refractivity contribution in [3.8, 4) is 5.75 Å². The van der Waals surface area contributed by atoms with E-state index < -0.39 is 6.67 Å². The molecule has 1 aliphatic rings. The lowest BCUT2D eigenvalue weighted by molar-refractivity contribution is -0.130. The number of alkyl halides is 1. The van der Waals surface area contributed by atoms with Gasteiger partial charge in [-0.15, -0.1) is 0 Å². The predicted octanol–water partition coefficient (Wildman–Crippen LogP) is 2.27. The third-order valence-corrected chi connectivity index (χ3v) is 4.74. The van der Waals surface area contributed by atoms with Gasteiger partial charge in [-0.3, -0.25) is 14.3 Å². The number of likely N-dealkylation sites (tertiary alicyclic amines) is 1. The molecule has 1 N–H and O–H groups in total. The molecule has 134 valence electrons. The maximum atomic E-state index is 13.4. The quantitative estimate of drug-likeness (QED) is 0.871. The van der Waals surface area contributed by atoms with Gasteiger partial charge < -0.3 is 9.64 Å². The van der Waals surface area contributed by atoms with E-state index in [0.717, 1.165) is 11.3 Å². The average Bonchev–Trinajstić information content (AvgIpc) is 3.25. The van der Waals surface area contributed by atoms with Crippen LogP contribution < -0.4 is 4.74 Å². The lowest BCUT2D eigenvalue weighted by Crippen LogP contribution is -2.29. The second-order valence-corrected chi connectivity index (χ2v) is 6.41. The van der Waals surface area contributed by atoms with E-state index in [9.17, 15) is 9.18 Å². The molecule has 2 atom stereocenters. The first kappa shape index (κ1) is 17.4. The van der Waals surface area contributed by atoms with Gasteiger partial charge in [0, 0.05) is 31.3 Å². The van der Waals surface area contributed by atoms with Crippen molar-refractivity contribution < 1.29 is 13.9 Å². The normalized spacial score (nSPS) is 20.0. The first-order valence-corrected chi connectivity index (χ1v) is 8.47. The zero-order valence-electron chi connectivity index (χ0n) is 14.5. The van der Waals surface area contributed by atoms with Crippen LogP contribution in [0.25, 0.3) is 0 Å². The molecular formula is C18H23FN4O2. The Hall–Kier alpha value is -2.44. The molecule has 7 heteroatoms. The van der Waals surface area contributed by atoms with Crippen LogP contribution in [0.3, 0.4) is 0 Å². The van der Waals surface area contributed by atoms with Crippen LogP contribution in [0.4, 0.5) is 4.39 Å². The number of halogens is 1. The van der Waals surface area contributed by atoms with Gasteiger partial charge in [0.25, 0.3) is 0 Å². The molecule has 0 radical (unpaired) electrons. The molecule has 2 aromatic rings. The molecule has 0 saturated carbocycles. The Balaban J connectivity index is 1.63. The summed E-state index contributed by atoms with van der Waals surface area (Å²) >= 11 is 0. The Morgan fingerprint density at radius 1 is 1.40 bits per heavy atom. The maximum absolute atomic E-state index is 13.4. The zero-order valence-corrected chi connectivity index (χ0v) is 14.5. The number of H-pyrrole nitrogens is 1. The number of carbonyl (C=O) groups is 1. The van der Waals surface area contributed by atoms with E-state index in [1.54, 1.807) is 12.0 Å². The summed E-state index contributed by atoms with van der Waals surface area (Å²) in [7, 11) is 1.62. The summed E-state index contributed by atoms with van der Waals surface area (Å²) in [4.78, 5) is 18.6. The number of nitrogens with one attached hydrogen (secondary N) is 1. The Labute approximate surface area is 146 Å². The van der Waals surface area contributed by atoms with E-state index in [4.69, 9.17) is 4.74 Å². The van der Waals surface area contributed by atoms with Gasteiger partial charge in [-0.25, -0.2) is 4.98 Å². The summed E-state index contributed by atoms with van der Waals surface area (Å²) in [5.41, 5.74) is 1.00. The Morgan fingerprint density at radius 2 is 2.20 bits per heavy atom. The van der Waals surface area contributed by atoms with Crippen molar-refractivity contribution in [2.75, 3.05) is 26.9 Å². The van der Waals surface area contributed by atoms with Crippen LogP contribution in [0.1, 0.15) is 29.6 Å². The lowest BCUT2D eigenvalue weighted by atomic mass is 9.97. The summed E-state index contributed by atoms with van der Waals surface area (Å²) in [6.45, 7) is 2.22. The molecular weight excluding hydrogens is 323 g/mol. The summed E-state index contributed by atoms with van der Waals surface area (Å²) in [6, 6.07) is 7.68. The summed E-state index contributed by atoms with van der Waals surface area (Å²) in [6.07, 6.45) is 0.975. The minimum atomic E-state index is -0.478. The number of aromatic amines is 1. The van der Waals surface area contributed by atoms with Crippen molar-refractivity contribution in [1.29, 1.82) is 0 Å². The molecule has 1 amide bonds. The second kappa shape index (κ2) is 7.63. The molecule has 1 aromatic carbocycles. The number of rotatable bonds is 6. The molecule has 1 aromatic heterocycles. The predicted molar refractivity (Wildman–Crippen MR) is 91.2 cm³/mol. The lowest BCUT2D eigenvalue weighted by Gasteiger charge is -2.16. The fourth-order valence-electron chi connectivity index (χ4n) is 3.36. The number of ether oxygens (including phenoxy) is 1. The summed E-state index contributed by atoms with van der Waals surface area (Å²) < 4.78 is 18.7. The molecule has 2 heterocycles. The van der Waals surface area contributed by atoms with Crippen molar-refractivity contribution in [1.82, 2.24) is 20.1 Å². The fraction of sp³-hybridized carbons (Fsp3) is 0.500. The molecule has 25 heavy (non-hydrogen) atoms. The highest BCUT2D eigenvalue weighted by atomic mass is 19.1.